The SMILES string of the molecule is CN(C)CCN1CCC(c2ccccc2N)CC1. The number of nitrogens with zero attached hydrogens (tertiary/aromatic N) is 2. The summed E-state index contributed by atoms with van der Waals surface area (Å²) in [6.07, 6.45) is 2.48. The molecule has 0 amide bonds. The molecule has 1 saturated heterocycles. The molecule has 0 bridgehead atoms. The number of anilines is 1. The Bertz CT molecular complexity index is 368. The fourth-order valence-corrected chi connectivity index (χ4v) is 2.69. The van der Waals surface area contributed by atoms with Crippen molar-refractivity contribution in [3.05, 3.63) is 29.8 Å². The maximum atomic E-state index is 6.06. The summed E-state index contributed by atoms with van der Waals surface area (Å²) in [7, 11) is 4.27. The molecule has 2 rings (SSSR count). The number of nitrogen functional groups attached to an aromatic ring is 1. The summed E-state index contributed by atoms with van der Waals surface area (Å²) in [6, 6.07) is 8.33. The van der Waals surface area contributed by atoms with E-state index in [1.54, 1.807) is 0 Å². The van der Waals surface area contributed by atoms with Crippen molar-refractivity contribution in [3.63, 3.8) is 0 Å². The molecule has 18 heavy (non-hydrogen) atoms. The lowest BCUT2D eigenvalue weighted by Crippen LogP contribution is -2.37. The van der Waals surface area contributed by atoms with Crippen molar-refractivity contribution in [1.29, 1.82) is 0 Å². The number of hydrogen-bond acceptors (Lipinski definition) is 3. The van der Waals surface area contributed by atoms with Crippen molar-refractivity contribution >= 4 is 5.69 Å². The van der Waals surface area contributed by atoms with Gasteiger partial charge in [0.25, 0.3) is 0 Å². The van der Waals surface area contributed by atoms with Crippen LogP contribution < -0.4 is 5.73 Å². The molecule has 0 aliphatic carbocycles. The first-order valence-corrected chi connectivity index (χ1v) is 6.88. The third-order valence-electron chi connectivity index (χ3n) is 3.89. The molecular weight excluding hydrogens is 222 g/mol. The standard InChI is InChI=1S/C15H25N3/c1-17(2)11-12-18-9-7-13(8-10-18)14-5-3-4-6-15(14)16/h3-6,13H,7-12,16H2,1-2H3. The molecule has 1 aromatic carbocycles. The minimum absolute atomic E-state index is 0.654. The highest BCUT2D eigenvalue weighted by Gasteiger charge is 2.21. The van der Waals surface area contributed by atoms with Crippen LogP contribution in [0, 0.1) is 0 Å². The highest BCUT2D eigenvalue weighted by atomic mass is 15.2. The predicted octanol–water partition coefficient (Wildman–Crippen LogP) is 2.01. The third kappa shape index (κ3) is 3.47. The lowest BCUT2D eigenvalue weighted by atomic mass is 9.88. The first-order valence-electron chi connectivity index (χ1n) is 6.88. The highest BCUT2D eigenvalue weighted by Crippen LogP contribution is 2.31. The summed E-state index contributed by atoms with van der Waals surface area (Å²) >= 11 is 0. The summed E-state index contributed by atoms with van der Waals surface area (Å²) in [4.78, 5) is 4.82. The zero-order chi connectivity index (χ0) is 13.0. The van der Waals surface area contributed by atoms with Gasteiger partial charge in [-0.15, -0.1) is 0 Å². The summed E-state index contributed by atoms with van der Waals surface area (Å²) < 4.78 is 0. The molecule has 100 valence electrons. The molecule has 1 aromatic rings. The van der Waals surface area contributed by atoms with E-state index in [9.17, 15) is 0 Å². The van der Waals surface area contributed by atoms with Crippen LogP contribution in [-0.4, -0.2) is 50.1 Å². The van der Waals surface area contributed by atoms with Crippen LogP contribution in [0.25, 0.3) is 0 Å². The van der Waals surface area contributed by atoms with E-state index < -0.39 is 0 Å². The van der Waals surface area contributed by atoms with Crippen molar-refractivity contribution < 1.29 is 0 Å². The van der Waals surface area contributed by atoms with Crippen LogP contribution in [0.4, 0.5) is 5.69 Å². The van der Waals surface area contributed by atoms with E-state index in [0.717, 1.165) is 12.2 Å². The normalized spacial score (nSPS) is 18.4. The Labute approximate surface area is 111 Å². The van der Waals surface area contributed by atoms with Crippen molar-refractivity contribution in [3.8, 4) is 0 Å². The van der Waals surface area contributed by atoms with Crippen molar-refractivity contribution in [2.24, 2.45) is 0 Å². The van der Waals surface area contributed by atoms with Crippen LogP contribution in [0.2, 0.25) is 0 Å². The molecule has 0 aromatic heterocycles. The molecule has 0 radical (unpaired) electrons. The second-order valence-electron chi connectivity index (χ2n) is 5.55. The third-order valence-corrected chi connectivity index (χ3v) is 3.89. The van der Waals surface area contributed by atoms with Gasteiger partial charge in [0.2, 0.25) is 0 Å². The fraction of sp³-hybridized carbons (Fsp3) is 0.600. The number of rotatable bonds is 4. The lowest BCUT2D eigenvalue weighted by molar-refractivity contribution is 0.194. The van der Waals surface area contributed by atoms with Crippen LogP contribution in [-0.2, 0) is 0 Å². The van der Waals surface area contributed by atoms with E-state index >= 15 is 0 Å². The highest BCUT2D eigenvalue weighted by molar-refractivity contribution is 5.48. The van der Waals surface area contributed by atoms with Gasteiger partial charge < -0.3 is 15.5 Å². The zero-order valence-electron chi connectivity index (χ0n) is 11.6. The van der Waals surface area contributed by atoms with E-state index in [1.165, 1.54) is 38.0 Å². The van der Waals surface area contributed by atoms with Crippen LogP contribution >= 0.6 is 0 Å². The van der Waals surface area contributed by atoms with E-state index in [4.69, 9.17) is 5.73 Å². The number of likely N-dealkylation sites (tertiary alicyclic amines) is 1. The van der Waals surface area contributed by atoms with Gasteiger partial charge in [-0.3, -0.25) is 0 Å². The zero-order valence-corrected chi connectivity index (χ0v) is 11.6. The van der Waals surface area contributed by atoms with E-state index in [-0.39, 0.29) is 0 Å². The molecule has 1 fully saturated rings. The van der Waals surface area contributed by atoms with Crippen LogP contribution in [0.5, 0.6) is 0 Å². The van der Waals surface area contributed by atoms with Crippen molar-refractivity contribution in [2.45, 2.75) is 18.8 Å². The van der Waals surface area contributed by atoms with Crippen LogP contribution in [0.3, 0.4) is 0 Å². The van der Waals surface area contributed by atoms with Gasteiger partial charge in [-0.05, 0) is 57.6 Å². The average Bonchev–Trinajstić information content (AvgIpc) is 2.38. The number of nitrogens with two attached hydrogens (primary N) is 1. The molecule has 0 spiro atoms. The summed E-state index contributed by atoms with van der Waals surface area (Å²) in [5.41, 5.74) is 8.38. The largest absolute Gasteiger partial charge is 0.398 e. The molecule has 1 heterocycles. The fourth-order valence-electron chi connectivity index (χ4n) is 2.69. The summed E-state index contributed by atoms with van der Waals surface area (Å²) in [5.74, 6) is 0.654. The lowest BCUT2D eigenvalue weighted by Gasteiger charge is -2.33. The van der Waals surface area contributed by atoms with E-state index in [1.807, 2.05) is 12.1 Å². The first kappa shape index (κ1) is 13.4. The minimum Gasteiger partial charge on any atom is -0.398 e. The summed E-state index contributed by atoms with van der Waals surface area (Å²) in [5, 5.41) is 0. The number of para-hydroxylation sites is 1. The summed E-state index contributed by atoms with van der Waals surface area (Å²) in [6.45, 7) is 4.74. The molecule has 0 unspecified atom stereocenters. The van der Waals surface area contributed by atoms with Crippen LogP contribution in [0.1, 0.15) is 24.3 Å². The maximum absolute atomic E-state index is 6.06. The predicted molar refractivity (Wildman–Crippen MR) is 77.8 cm³/mol. The molecule has 3 heteroatoms. The molecule has 1 aliphatic heterocycles. The second-order valence-corrected chi connectivity index (χ2v) is 5.55. The number of benzene rings is 1. The number of likely N-dealkylation sites (N-methyl/N-ethyl adjacent to an activating group) is 1. The van der Waals surface area contributed by atoms with Gasteiger partial charge in [0, 0.05) is 18.8 Å². The topological polar surface area (TPSA) is 32.5 Å². The smallest absolute Gasteiger partial charge is 0.0349 e. The van der Waals surface area contributed by atoms with Gasteiger partial charge in [0.15, 0.2) is 0 Å². The van der Waals surface area contributed by atoms with Crippen LogP contribution in [0.15, 0.2) is 24.3 Å². The average molecular weight is 247 g/mol. The Kier molecular flexibility index (Phi) is 4.61. The molecular formula is C15H25N3. The Morgan fingerprint density at radius 3 is 2.50 bits per heavy atom. The Balaban J connectivity index is 1.85. The van der Waals surface area contributed by atoms with Gasteiger partial charge in [-0.25, -0.2) is 0 Å². The molecule has 1 aliphatic rings. The van der Waals surface area contributed by atoms with Gasteiger partial charge in [0.1, 0.15) is 0 Å². The maximum Gasteiger partial charge on any atom is 0.0349 e. The van der Waals surface area contributed by atoms with E-state index in [0.29, 0.717) is 5.92 Å². The van der Waals surface area contributed by atoms with Gasteiger partial charge >= 0.3 is 0 Å². The monoisotopic (exact) mass is 247 g/mol. The van der Waals surface area contributed by atoms with E-state index in [2.05, 4.69) is 36.0 Å². The molecule has 0 atom stereocenters. The Morgan fingerprint density at radius 1 is 1.22 bits per heavy atom. The van der Waals surface area contributed by atoms with Gasteiger partial charge in [-0.2, -0.15) is 0 Å². The second kappa shape index (κ2) is 6.21. The Hall–Kier alpha value is -1.06. The molecule has 3 nitrogen and oxygen atoms in total. The van der Waals surface area contributed by atoms with Gasteiger partial charge in [0.05, 0.1) is 0 Å². The van der Waals surface area contributed by atoms with Crippen molar-refractivity contribution in [1.82, 2.24) is 9.80 Å². The first-order chi connectivity index (χ1) is 8.66. The van der Waals surface area contributed by atoms with Crippen molar-refractivity contribution in [2.75, 3.05) is 46.0 Å². The number of hydrogen-bond donors (Lipinski definition) is 1. The molecule has 0 saturated carbocycles. The minimum atomic E-state index is 0.654. The number of piperidine rings is 1. The van der Waals surface area contributed by atoms with Gasteiger partial charge in [-0.1, -0.05) is 18.2 Å². The Morgan fingerprint density at radius 2 is 1.89 bits per heavy atom. The quantitative estimate of drug-likeness (QED) is 0.826. The molecule has 2 N–H and O–H groups in total.